The van der Waals surface area contributed by atoms with Crippen molar-refractivity contribution in [3.8, 4) is 0 Å². The molecule has 6 heteroatoms. The molecule has 0 radical (unpaired) electrons. The van der Waals surface area contributed by atoms with Gasteiger partial charge >= 0.3 is 0 Å². The number of aryl methyl sites for hydroxylation is 1. The lowest BCUT2D eigenvalue weighted by atomic mass is 10.1. The number of hydrogen-bond acceptors (Lipinski definition) is 4. The SMILES string of the molecule is CN(Cc1n[nH]c2c1CCCCC2)C(=O)c1ccc2scnc2c1. The Balaban J connectivity index is 1.54. The molecule has 2 heterocycles. The van der Waals surface area contributed by atoms with E-state index >= 15 is 0 Å². The van der Waals surface area contributed by atoms with Gasteiger partial charge in [0.25, 0.3) is 5.91 Å². The predicted octanol–water partition coefficient (Wildman–Crippen LogP) is 3.56. The summed E-state index contributed by atoms with van der Waals surface area (Å²) in [6, 6.07) is 5.72. The van der Waals surface area contributed by atoms with E-state index in [2.05, 4.69) is 15.2 Å². The number of aromatic amines is 1. The van der Waals surface area contributed by atoms with Gasteiger partial charge in [0, 0.05) is 18.3 Å². The minimum atomic E-state index is 0.00951. The molecular weight excluding hydrogens is 320 g/mol. The monoisotopic (exact) mass is 340 g/mol. The summed E-state index contributed by atoms with van der Waals surface area (Å²) >= 11 is 1.59. The lowest BCUT2D eigenvalue weighted by Crippen LogP contribution is -2.26. The maximum Gasteiger partial charge on any atom is 0.254 e. The fraction of sp³-hybridized carbons (Fsp3) is 0.389. The number of thiazole rings is 1. The van der Waals surface area contributed by atoms with Crippen LogP contribution in [0.15, 0.2) is 23.7 Å². The van der Waals surface area contributed by atoms with Gasteiger partial charge in [0.15, 0.2) is 0 Å². The van der Waals surface area contributed by atoms with Crippen molar-refractivity contribution in [2.24, 2.45) is 0 Å². The van der Waals surface area contributed by atoms with E-state index in [1.165, 1.54) is 30.5 Å². The van der Waals surface area contributed by atoms with Crippen LogP contribution in [-0.2, 0) is 19.4 Å². The highest BCUT2D eigenvalue weighted by atomic mass is 32.1. The van der Waals surface area contributed by atoms with E-state index < -0.39 is 0 Å². The summed E-state index contributed by atoms with van der Waals surface area (Å²) in [6.45, 7) is 0.541. The Morgan fingerprint density at radius 3 is 3.08 bits per heavy atom. The molecule has 1 N–H and O–H groups in total. The molecule has 1 amide bonds. The third-order valence-corrected chi connectivity index (χ3v) is 5.51. The minimum Gasteiger partial charge on any atom is -0.336 e. The number of amides is 1. The second-order valence-electron chi connectivity index (χ2n) is 6.38. The highest BCUT2D eigenvalue weighted by molar-refractivity contribution is 7.16. The van der Waals surface area contributed by atoms with Crippen LogP contribution in [-0.4, -0.2) is 33.0 Å². The van der Waals surface area contributed by atoms with Gasteiger partial charge in [0.2, 0.25) is 0 Å². The van der Waals surface area contributed by atoms with Gasteiger partial charge in [0.05, 0.1) is 28.0 Å². The number of fused-ring (bicyclic) bond motifs is 2. The zero-order valence-electron chi connectivity index (χ0n) is 13.7. The van der Waals surface area contributed by atoms with E-state index in [4.69, 9.17) is 0 Å². The fourth-order valence-corrected chi connectivity index (χ4v) is 4.02. The van der Waals surface area contributed by atoms with Crippen LogP contribution in [0.2, 0.25) is 0 Å². The van der Waals surface area contributed by atoms with Gasteiger partial charge in [-0.3, -0.25) is 9.89 Å². The van der Waals surface area contributed by atoms with Crippen molar-refractivity contribution in [1.29, 1.82) is 0 Å². The third-order valence-electron chi connectivity index (χ3n) is 4.70. The number of H-pyrrole nitrogens is 1. The summed E-state index contributed by atoms with van der Waals surface area (Å²) < 4.78 is 1.10. The van der Waals surface area contributed by atoms with Crippen LogP contribution < -0.4 is 0 Å². The molecule has 0 saturated heterocycles. The molecule has 0 spiro atoms. The Labute approximate surface area is 144 Å². The molecule has 1 aromatic carbocycles. The van der Waals surface area contributed by atoms with Crippen LogP contribution in [0.3, 0.4) is 0 Å². The summed E-state index contributed by atoms with van der Waals surface area (Å²) in [5.41, 5.74) is 6.96. The summed E-state index contributed by atoms with van der Waals surface area (Å²) in [5, 5.41) is 7.64. The predicted molar refractivity (Wildman–Crippen MR) is 95.3 cm³/mol. The third kappa shape index (κ3) is 2.82. The number of rotatable bonds is 3. The number of carbonyl (C=O) groups is 1. The molecule has 5 nitrogen and oxygen atoms in total. The first-order chi connectivity index (χ1) is 11.7. The average molecular weight is 340 g/mol. The van der Waals surface area contributed by atoms with Crippen molar-refractivity contribution in [3.05, 3.63) is 46.2 Å². The lowest BCUT2D eigenvalue weighted by molar-refractivity contribution is 0.0783. The van der Waals surface area contributed by atoms with Crippen LogP contribution >= 0.6 is 11.3 Å². The van der Waals surface area contributed by atoms with Crippen LogP contribution in [0.5, 0.6) is 0 Å². The molecule has 0 unspecified atom stereocenters. The Bertz CT molecular complexity index is 882. The zero-order valence-corrected chi connectivity index (χ0v) is 14.5. The Morgan fingerprint density at radius 1 is 1.29 bits per heavy atom. The molecule has 0 bridgehead atoms. The van der Waals surface area contributed by atoms with Crippen molar-refractivity contribution in [3.63, 3.8) is 0 Å². The maximum absolute atomic E-state index is 12.7. The molecule has 1 aliphatic rings. The van der Waals surface area contributed by atoms with Gasteiger partial charge in [0.1, 0.15) is 0 Å². The molecule has 2 aromatic heterocycles. The second-order valence-corrected chi connectivity index (χ2v) is 7.27. The lowest BCUT2D eigenvalue weighted by Gasteiger charge is -2.17. The largest absolute Gasteiger partial charge is 0.336 e. The molecule has 0 aliphatic heterocycles. The van der Waals surface area contributed by atoms with Crippen molar-refractivity contribution >= 4 is 27.5 Å². The van der Waals surface area contributed by atoms with E-state index in [0.29, 0.717) is 12.1 Å². The number of aromatic nitrogens is 3. The van der Waals surface area contributed by atoms with Crippen LogP contribution in [0.4, 0.5) is 0 Å². The Kier molecular flexibility index (Phi) is 4.06. The van der Waals surface area contributed by atoms with Crippen LogP contribution in [0.1, 0.15) is 46.6 Å². The van der Waals surface area contributed by atoms with Crippen molar-refractivity contribution in [2.45, 2.75) is 38.6 Å². The zero-order chi connectivity index (χ0) is 16.5. The van der Waals surface area contributed by atoms with Crippen molar-refractivity contribution < 1.29 is 4.79 Å². The number of hydrogen-bond donors (Lipinski definition) is 1. The quantitative estimate of drug-likeness (QED) is 0.742. The first-order valence-electron chi connectivity index (χ1n) is 8.36. The number of carbonyl (C=O) groups excluding carboxylic acids is 1. The number of nitrogens with one attached hydrogen (secondary N) is 1. The van der Waals surface area contributed by atoms with Crippen LogP contribution in [0, 0.1) is 0 Å². The van der Waals surface area contributed by atoms with Gasteiger partial charge in [-0.05, 0) is 49.4 Å². The normalized spacial score (nSPS) is 14.4. The van der Waals surface area contributed by atoms with E-state index in [0.717, 1.165) is 28.8 Å². The molecule has 24 heavy (non-hydrogen) atoms. The van der Waals surface area contributed by atoms with Gasteiger partial charge < -0.3 is 4.90 Å². The molecule has 0 fully saturated rings. The highest BCUT2D eigenvalue weighted by Gasteiger charge is 2.19. The van der Waals surface area contributed by atoms with Gasteiger partial charge in [-0.15, -0.1) is 11.3 Å². The van der Waals surface area contributed by atoms with E-state index in [-0.39, 0.29) is 5.91 Å². The molecule has 4 rings (SSSR count). The van der Waals surface area contributed by atoms with Crippen molar-refractivity contribution in [1.82, 2.24) is 20.1 Å². The highest BCUT2D eigenvalue weighted by Crippen LogP contribution is 2.23. The smallest absolute Gasteiger partial charge is 0.254 e. The standard InChI is InChI=1S/C18H20N4OS/c1-22(10-16-13-5-3-2-4-6-14(13)20-21-16)18(23)12-7-8-17-15(9-12)19-11-24-17/h7-9,11H,2-6,10H2,1H3,(H,20,21). The van der Waals surface area contributed by atoms with Gasteiger partial charge in [-0.25, -0.2) is 4.98 Å². The van der Waals surface area contributed by atoms with E-state index in [9.17, 15) is 4.79 Å². The first-order valence-corrected chi connectivity index (χ1v) is 9.24. The number of benzene rings is 1. The molecule has 0 saturated carbocycles. The topological polar surface area (TPSA) is 61.9 Å². The second kappa shape index (κ2) is 6.36. The number of nitrogens with zero attached hydrogens (tertiary/aromatic N) is 3. The molecule has 0 atom stereocenters. The first kappa shape index (κ1) is 15.3. The molecular formula is C18H20N4OS. The maximum atomic E-state index is 12.7. The Hall–Kier alpha value is -2.21. The molecule has 124 valence electrons. The summed E-state index contributed by atoms with van der Waals surface area (Å²) in [4.78, 5) is 18.8. The van der Waals surface area contributed by atoms with E-state index in [1.807, 2.05) is 30.8 Å². The fourth-order valence-electron chi connectivity index (χ4n) is 3.36. The molecule has 1 aliphatic carbocycles. The molecule has 3 aromatic rings. The Morgan fingerprint density at radius 2 is 2.17 bits per heavy atom. The van der Waals surface area contributed by atoms with E-state index in [1.54, 1.807) is 16.2 Å². The summed E-state index contributed by atoms with van der Waals surface area (Å²) in [5.74, 6) is 0.00951. The van der Waals surface area contributed by atoms with Crippen LogP contribution in [0.25, 0.3) is 10.2 Å². The van der Waals surface area contributed by atoms with Gasteiger partial charge in [-0.2, -0.15) is 5.10 Å². The van der Waals surface area contributed by atoms with Crippen molar-refractivity contribution in [2.75, 3.05) is 7.05 Å². The van der Waals surface area contributed by atoms with Gasteiger partial charge in [-0.1, -0.05) is 6.42 Å². The summed E-state index contributed by atoms with van der Waals surface area (Å²) in [7, 11) is 1.84. The minimum absolute atomic E-state index is 0.00951. The average Bonchev–Trinajstić information content (AvgIpc) is 3.14. The summed E-state index contributed by atoms with van der Waals surface area (Å²) in [6.07, 6.45) is 5.83.